The van der Waals surface area contributed by atoms with Gasteiger partial charge in [-0.3, -0.25) is 4.79 Å². The quantitative estimate of drug-likeness (QED) is 0.771. The summed E-state index contributed by atoms with van der Waals surface area (Å²) in [5.41, 5.74) is 0.150. The fourth-order valence-corrected chi connectivity index (χ4v) is 2.80. The van der Waals surface area contributed by atoms with Crippen molar-refractivity contribution < 1.29 is 14.3 Å². The number of hydrogen-bond acceptors (Lipinski definition) is 6. The van der Waals surface area contributed by atoms with Gasteiger partial charge in [-0.2, -0.15) is 0 Å². The first-order chi connectivity index (χ1) is 10.7. The van der Waals surface area contributed by atoms with Gasteiger partial charge in [-0.25, -0.2) is 4.79 Å². The second kappa shape index (κ2) is 5.52. The van der Waals surface area contributed by atoms with Crippen LogP contribution in [0.1, 0.15) is 20.8 Å². The van der Waals surface area contributed by atoms with E-state index in [4.69, 9.17) is 16.3 Å². The molecule has 3 rings (SSSR count). The van der Waals surface area contributed by atoms with Crippen molar-refractivity contribution in [2.45, 2.75) is 32.4 Å². The van der Waals surface area contributed by atoms with Crippen LogP contribution in [0.15, 0.2) is 6.07 Å². The van der Waals surface area contributed by atoms with Crippen molar-refractivity contribution >= 4 is 35.1 Å². The van der Waals surface area contributed by atoms with Crippen LogP contribution >= 0.6 is 11.6 Å². The second-order valence-electron chi connectivity index (χ2n) is 6.53. The number of carbonyl (C=O) groups excluding carboxylic acids is 2. The molecule has 2 aliphatic heterocycles. The number of halogens is 1. The molecule has 9 heteroatoms. The van der Waals surface area contributed by atoms with E-state index in [-0.39, 0.29) is 17.6 Å². The van der Waals surface area contributed by atoms with Gasteiger partial charge in [0.15, 0.2) is 11.0 Å². The fourth-order valence-electron chi connectivity index (χ4n) is 2.65. The summed E-state index contributed by atoms with van der Waals surface area (Å²) < 4.78 is 5.37. The third-order valence-electron chi connectivity index (χ3n) is 3.63. The Labute approximate surface area is 138 Å². The van der Waals surface area contributed by atoms with Crippen LogP contribution < -0.4 is 10.2 Å². The van der Waals surface area contributed by atoms with Gasteiger partial charge in [-0.1, -0.05) is 11.6 Å². The van der Waals surface area contributed by atoms with Crippen LogP contribution in [0.2, 0.25) is 5.15 Å². The van der Waals surface area contributed by atoms with E-state index >= 15 is 0 Å². The fraction of sp³-hybridized carbons (Fsp3) is 0.571. The van der Waals surface area contributed by atoms with Crippen molar-refractivity contribution in [2.75, 3.05) is 29.9 Å². The van der Waals surface area contributed by atoms with Gasteiger partial charge in [0.05, 0.1) is 12.2 Å². The lowest BCUT2D eigenvalue weighted by atomic mass is 10.1. The van der Waals surface area contributed by atoms with Crippen LogP contribution in [-0.4, -0.2) is 58.4 Å². The first-order valence-corrected chi connectivity index (χ1v) is 7.71. The van der Waals surface area contributed by atoms with Gasteiger partial charge in [0.1, 0.15) is 11.6 Å². The molecule has 8 nitrogen and oxygen atoms in total. The zero-order valence-corrected chi connectivity index (χ0v) is 13.9. The third kappa shape index (κ3) is 3.17. The Morgan fingerprint density at radius 1 is 1.39 bits per heavy atom. The Morgan fingerprint density at radius 2 is 2.13 bits per heavy atom. The minimum Gasteiger partial charge on any atom is -0.444 e. The van der Waals surface area contributed by atoms with Crippen molar-refractivity contribution in [3.8, 4) is 0 Å². The highest BCUT2D eigenvalue weighted by Crippen LogP contribution is 2.33. The van der Waals surface area contributed by atoms with Crippen LogP contribution in [-0.2, 0) is 9.53 Å². The van der Waals surface area contributed by atoms with E-state index in [2.05, 4.69) is 15.5 Å². The molecule has 0 saturated carbocycles. The number of fused-ring (bicyclic) bond motifs is 3. The first kappa shape index (κ1) is 15.8. The molecule has 0 radical (unpaired) electrons. The van der Waals surface area contributed by atoms with E-state index < -0.39 is 17.7 Å². The number of nitrogens with zero attached hydrogens (tertiary/aromatic N) is 4. The lowest BCUT2D eigenvalue weighted by Crippen LogP contribution is -2.61. The molecule has 1 N–H and O–H groups in total. The maximum absolute atomic E-state index is 12.3. The first-order valence-electron chi connectivity index (χ1n) is 7.33. The molecular weight excluding hydrogens is 322 g/mol. The maximum atomic E-state index is 12.3. The van der Waals surface area contributed by atoms with Gasteiger partial charge in [0.25, 0.3) is 0 Å². The Kier molecular flexibility index (Phi) is 3.79. The van der Waals surface area contributed by atoms with Crippen molar-refractivity contribution in [2.24, 2.45) is 0 Å². The summed E-state index contributed by atoms with van der Waals surface area (Å²) in [7, 11) is 0. The highest BCUT2D eigenvalue weighted by atomic mass is 35.5. The molecule has 1 saturated heterocycles. The summed E-state index contributed by atoms with van der Waals surface area (Å²) in [6.07, 6.45) is -0.415. The Balaban J connectivity index is 1.80. The molecule has 1 atom stereocenters. The molecule has 1 fully saturated rings. The number of amides is 2. The largest absolute Gasteiger partial charge is 0.444 e. The van der Waals surface area contributed by atoms with E-state index in [0.29, 0.717) is 18.9 Å². The molecule has 124 valence electrons. The summed E-state index contributed by atoms with van der Waals surface area (Å²) >= 11 is 5.90. The highest BCUT2D eigenvalue weighted by Gasteiger charge is 2.40. The van der Waals surface area contributed by atoms with E-state index in [1.54, 1.807) is 11.0 Å². The molecule has 2 aliphatic rings. The summed E-state index contributed by atoms with van der Waals surface area (Å²) in [6.45, 7) is 6.63. The van der Waals surface area contributed by atoms with Crippen LogP contribution in [0.4, 0.5) is 16.3 Å². The van der Waals surface area contributed by atoms with Crippen LogP contribution in [0.3, 0.4) is 0 Å². The van der Waals surface area contributed by atoms with E-state index in [1.165, 1.54) is 0 Å². The third-order valence-corrected chi connectivity index (χ3v) is 3.81. The SMILES string of the molecule is CC(C)(C)OC(=O)N1CCN2c3cc(Cl)nnc3NC(=O)[C@@H]2C1. The monoisotopic (exact) mass is 339 g/mol. The molecule has 0 bridgehead atoms. The van der Waals surface area contributed by atoms with Crippen LogP contribution in [0.25, 0.3) is 0 Å². The zero-order chi connectivity index (χ0) is 16.8. The maximum Gasteiger partial charge on any atom is 0.410 e. The highest BCUT2D eigenvalue weighted by molar-refractivity contribution is 6.29. The molecule has 3 heterocycles. The number of hydrogen-bond donors (Lipinski definition) is 1. The Bertz CT molecular complexity index is 660. The summed E-state index contributed by atoms with van der Waals surface area (Å²) in [5.74, 6) is 0.170. The summed E-state index contributed by atoms with van der Waals surface area (Å²) in [5, 5.41) is 10.6. The van der Waals surface area contributed by atoms with Gasteiger partial charge in [0.2, 0.25) is 5.91 Å². The number of piperazine rings is 1. The predicted molar refractivity (Wildman–Crippen MR) is 84.6 cm³/mol. The number of aromatic nitrogens is 2. The molecule has 1 aromatic rings. The molecule has 1 aromatic heterocycles. The lowest BCUT2D eigenvalue weighted by Gasteiger charge is -2.44. The number of rotatable bonds is 0. The Hall–Kier alpha value is -2.09. The molecular formula is C14H18ClN5O3. The summed E-state index contributed by atoms with van der Waals surface area (Å²) in [6, 6.07) is 1.17. The number of anilines is 2. The van der Waals surface area contributed by atoms with Gasteiger partial charge >= 0.3 is 6.09 Å². The molecule has 0 aromatic carbocycles. The van der Waals surface area contributed by atoms with E-state index in [1.807, 2.05) is 25.7 Å². The van der Waals surface area contributed by atoms with Gasteiger partial charge in [-0.15, -0.1) is 10.2 Å². The molecule has 23 heavy (non-hydrogen) atoms. The molecule has 0 spiro atoms. The number of ether oxygens (including phenoxy) is 1. The second-order valence-corrected chi connectivity index (χ2v) is 6.91. The van der Waals surface area contributed by atoms with Crippen LogP contribution in [0.5, 0.6) is 0 Å². The van der Waals surface area contributed by atoms with Crippen molar-refractivity contribution in [1.29, 1.82) is 0 Å². The molecule has 2 amide bonds. The van der Waals surface area contributed by atoms with E-state index in [9.17, 15) is 9.59 Å². The normalized spacial score (nSPS) is 20.5. The number of nitrogens with one attached hydrogen (secondary N) is 1. The molecule has 0 unspecified atom stereocenters. The van der Waals surface area contributed by atoms with Gasteiger partial charge in [-0.05, 0) is 20.8 Å². The average molecular weight is 340 g/mol. The van der Waals surface area contributed by atoms with Crippen molar-refractivity contribution in [3.63, 3.8) is 0 Å². The average Bonchev–Trinajstić information content (AvgIpc) is 2.46. The smallest absolute Gasteiger partial charge is 0.410 e. The van der Waals surface area contributed by atoms with Crippen LogP contribution in [0, 0.1) is 0 Å². The molecule has 0 aliphatic carbocycles. The zero-order valence-electron chi connectivity index (χ0n) is 13.2. The van der Waals surface area contributed by atoms with Gasteiger partial charge < -0.3 is 19.9 Å². The predicted octanol–water partition coefficient (Wildman–Crippen LogP) is 1.51. The Morgan fingerprint density at radius 3 is 2.83 bits per heavy atom. The summed E-state index contributed by atoms with van der Waals surface area (Å²) in [4.78, 5) is 27.9. The minimum atomic E-state index is -0.571. The standard InChI is InChI=1S/C14H18ClN5O3/c1-14(2,3)23-13(22)19-4-5-20-8-6-10(15)17-18-11(8)16-12(21)9(20)7-19/h6,9H,4-5,7H2,1-3H3,(H,16,18,21)/t9-/m0/s1. The minimum absolute atomic E-state index is 0.220. The number of carbonyl (C=O) groups is 2. The van der Waals surface area contributed by atoms with Crippen molar-refractivity contribution in [3.05, 3.63) is 11.2 Å². The van der Waals surface area contributed by atoms with Crippen molar-refractivity contribution in [1.82, 2.24) is 15.1 Å². The topological polar surface area (TPSA) is 87.7 Å². The lowest BCUT2D eigenvalue weighted by molar-refractivity contribution is -0.118. The van der Waals surface area contributed by atoms with E-state index in [0.717, 1.165) is 5.69 Å². The van der Waals surface area contributed by atoms with Gasteiger partial charge in [0, 0.05) is 19.2 Å².